The van der Waals surface area contributed by atoms with Crippen LogP contribution >= 0.6 is 35.0 Å². The predicted molar refractivity (Wildman–Crippen MR) is 149 cm³/mol. The second-order valence-corrected chi connectivity index (χ2v) is 10.6. The molecule has 5 nitrogen and oxygen atoms in total. The normalized spacial score (nSPS) is 14.5. The maximum Gasteiger partial charge on any atom is 0.308 e. The Morgan fingerprint density at radius 1 is 1.03 bits per heavy atom. The Labute approximate surface area is 232 Å². The topological polar surface area (TPSA) is 54.0 Å². The highest BCUT2D eigenvalue weighted by Gasteiger charge is 2.25. The zero-order valence-corrected chi connectivity index (χ0v) is 23.3. The van der Waals surface area contributed by atoms with Crippen molar-refractivity contribution in [2.75, 3.05) is 25.6 Å². The van der Waals surface area contributed by atoms with Crippen molar-refractivity contribution in [3.8, 4) is 11.5 Å². The number of fused-ring (bicyclic) bond motifs is 1. The van der Waals surface area contributed by atoms with Crippen LogP contribution in [0.15, 0.2) is 76.1 Å². The molecule has 1 heterocycles. The van der Waals surface area contributed by atoms with E-state index in [-0.39, 0.29) is 5.97 Å². The van der Waals surface area contributed by atoms with Crippen molar-refractivity contribution >= 4 is 40.9 Å². The first-order valence-corrected chi connectivity index (χ1v) is 14.0. The fourth-order valence-electron chi connectivity index (χ4n) is 4.10. The summed E-state index contributed by atoms with van der Waals surface area (Å²) in [6.07, 6.45) is 7.63. The van der Waals surface area contributed by atoms with Gasteiger partial charge in [0.15, 0.2) is 0 Å². The zero-order valence-electron chi connectivity index (χ0n) is 21.0. The first kappa shape index (κ1) is 27.5. The quantitative estimate of drug-likeness (QED) is 0.113. The molecule has 0 atom stereocenters. The van der Waals surface area contributed by atoms with Crippen molar-refractivity contribution in [3.05, 3.63) is 86.8 Å². The van der Waals surface area contributed by atoms with Gasteiger partial charge in [0.1, 0.15) is 29.6 Å². The highest BCUT2D eigenvalue weighted by molar-refractivity contribution is 7.99. The van der Waals surface area contributed by atoms with Gasteiger partial charge in [-0.25, -0.2) is 0 Å². The van der Waals surface area contributed by atoms with Gasteiger partial charge in [0.25, 0.3) is 0 Å². The summed E-state index contributed by atoms with van der Waals surface area (Å²) in [6.45, 7) is 5.04. The van der Waals surface area contributed by atoms with Gasteiger partial charge in [-0.2, -0.15) is 0 Å². The Morgan fingerprint density at radius 3 is 2.59 bits per heavy atom. The van der Waals surface area contributed by atoms with E-state index in [1.807, 2.05) is 37.3 Å². The Morgan fingerprint density at radius 2 is 1.81 bits per heavy atom. The summed E-state index contributed by atoms with van der Waals surface area (Å²) in [5.41, 5.74) is 3.11. The number of hydrogen-bond acceptors (Lipinski definition) is 6. The van der Waals surface area contributed by atoms with Gasteiger partial charge >= 0.3 is 5.97 Å². The minimum absolute atomic E-state index is 0.359. The van der Waals surface area contributed by atoms with Gasteiger partial charge < -0.3 is 18.9 Å². The summed E-state index contributed by atoms with van der Waals surface area (Å²) in [5, 5.41) is 1.31. The molecular formula is C29H30Cl2O5S. The standard InChI is InChI=1S/C29H30Cl2O5S/c1-19-25(36-20(2)32)12-13-27(28(19)31)37-18-4-16-34-26-11-6-21-14-17-35-29(21)24(26)5-3-15-33-23-9-7-22(30)8-10-23/h7-14H,3-6,15-18H2,1-2H3. The first-order chi connectivity index (χ1) is 17.9. The molecule has 1 aliphatic carbocycles. The number of rotatable bonds is 12. The zero-order chi connectivity index (χ0) is 26.2. The molecular weight excluding hydrogens is 531 g/mol. The molecule has 0 aromatic heterocycles. The lowest BCUT2D eigenvalue weighted by molar-refractivity contribution is -0.131. The number of esters is 1. The van der Waals surface area contributed by atoms with Gasteiger partial charge in [-0.1, -0.05) is 23.2 Å². The Hall–Kier alpha value is -2.54. The molecule has 0 saturated carbocycles. The van der Waals surface area contributed by atoms with Crippen molar-refractivity contribution in [2.45, 2.75) is 44.4 Å². The van der Waals surface area contributed by atoms with E-state index in [0.717, 1.165) is 64.7 Å². The fraction of sp³-hybridized carbons (Fsp3) is 0.345. The number of carbonyl (C=O) groups is 1. The lowest BCUT2D eigenvalue weighted by atomic mass is 9.95. The molecule has 2 aromatic carbocycles. The summed E-state index contributed by atoms with van der Waals surface area (Å²) < 4.78 is 23.2. The molecule has 37 heavy (non-hydrogen) atoms. The molecule has 0 unspecified atom stereocenters. The van der Waals surface area contributed by atoms with Crippen LogP contribution in [-0.4, -0.2) is 31.5 Å². The van der Waals surface area contributed by atoms with E-state index in [4.69, 9.17) is 42.1 Å². The minimum atomic E-state index is -0.359. The molecule has 1 aliphatic heterocycles. The highest BCUT2D eigenvalue weighted by Crippen LogP contribution is 2.37. The molecule has 0 spiro atoms. The fourth-order valence-corrected chi connectivity index (χ4v) is 5.47. The highest BCUT2D eigenvalue weighted by atomic mass is 35.5. The van der Waals surface area contributed by atoms with Crippen LogP contribution in [0, 0.1) is 6.92 Å². The van der Waals surface area contributed by atoms with Gasteiger partial charge in [0.2, 0.25) is 0 Å². The van der Waals surface area contributed by atoms with Crippen LogP contribution in [0.2, 0.25) is 10.0 Å². The van der Waals surface area contributed by atoms with Crippen molar-refractivity contribution in [1.82, 2.24) is 0 Å². The summed E-state index contributed by atoms with van der Waals surface area (Å²) in [7, 11) is 0. The second kappa shape index (κ2) is 13.3. The summed E-state index contributed by atoms with van der Waals surface area (Å²) in [4.78, 5) is 12.2. The minimum Gasteiger partial charge on any atom is -0.494 e. The lowest BCUT2D eigenvalue weighted by Gasteiger charge is -2.21. The Bertz CT molecular complexity index is 1220. The van der Waals surface area contributed by atoms with Crippen molar-refractivity contribution in [2.24, 2.45) is 0 Å². The van der Waals surface area contributed by atoms with E-state index in [2.05, 4.69) is 12.2 Å². The van der Waals surface area contributed by atoms with Gasteiger partial charge in [-0.05, 0) is 86.7 Å². The SMILES string of the molecule is CC(=O)Oc1ccc(SCCCOC2=CCC3=CCOC3=C2CCCOc2ccc(Cl)cc2)c(Cl)c1C. The van der Waals surface area contributed by atoms with E-state index in [1.165, 1.54) is 12.5 Å². The maximum absolute atomic E-state index is 11.2. The van der Waals surface area contributed by atoms with Gasteiger partial charge in [0, 0.05) is 33.7 Å². The van der Waals surface area contributed by atoms with Gasteiger partial charge in [0.05, 0.1) is 18.2 Å². The third-order valence-corrected chi connectivity index (χ3v) is 7.94. The van der Waals surface area contributed by atoms with Crippen LogP contribution in [0.25, 0.3) is 0 Å². The Kier molecular flexibility index (Phi) is 9.89. The lowest BCUT2D eigenvalue weighted by Crippen LogP contribution is -2.09. The molecule has 0 amide bonds. The van der Waals surface area contributed by atoms with E-state index < -0.39 is 0 Å². The summed E-state index contributed by atoms with van der Waals surface area (Å²) in [5.74, 6) is 3.67. The van der Waals surface area contributed by atoms with Crippen LogP contribution in [0.3, 0.4) is 0 Å². The van der Waals surface area contributed by atoms with Crippen LogP contribution < -0.4 is 9.47 Å². The largest absolute Gasteiger partial charge is 0.494 e. The molecule has 0 saturated heterocycles. The van der Waals surface area contributed by atoms with E-state index in [0.29, 0.717) is 35.6 Å². The number of benzene rings is 2. The number of carbonyl (C=O) groups excluding carboxylic acids is 1. The summed E-state index contributed by atoms with van der Waals surface area (Å²) in [6, 6.07) is 11.1. The first-order valence-electron chi connectivity index (χ1n) is 12.3. The van der Waals surface area contributed by atoms with Crippen LogP contribution in [0.5, 0.6) is 11.5 Å². The number of halogens is 2. The molecule has 2 aromatic rings. The van der Waals surface area contributed by atoms with Crippen molar-refractivity contribution < 1.29 is 23.7 Å². The number of thioether (sulfide) groups is 1. The molecule has 196 valence electrons. The predicted octanol–water partition coefficient (Wildman–Crippen LogP) is 8.08. The van der Waals surface area contributed by atoms with E-state index in [1.54, 1.807) is 17.8 Å². The van der Waals surface area contributed by atoms with E-state index in [9.17, 15) is 4.79 Å². The second-order valence-electron chi connectivity index (χ2n) is 8.67. The number of allylic oxidation sites excluding steroid dienone is 3. The van der Waals surface area contributed by atoms with Crippen LogP contribution in [0.4, 0.5) is 0 Å². The summed E-state index contributed by atoms with van der Waals surface area (Å²) >= 11 is 14.1. The van der Waals surface area contributed by atoms with Crippen LogP contribution in [-0.2, 0) is 14.3 Å². The smallest absolute Gasteiger partial charge is 0.308 e. The van der Waals surface area contributed by atoms with Crippen LogP contribution in [0.1, 0.15) is 38.2 Å². The maximum atomic E-state index is 11.2. The third kappa shape index (κ3) is 7.50. The van der Waals surface area contributed by atoms with Crippen molar-refractivity contribution in [1.29, 1.82) is 0 Å². The van der Waals surface area contributed by atoms with Crippen molar-refractivity contribution in [3.63, 3.8) is 0 Å². The molecule has 0 fully saturated rings. The number of hydrogen-bond donors (Lipinski definition) is 0. The number of ether oxygens (including phenoxy) is 4. The average molecular weight is 562 g/mol. The molecule has 0 bridgehead atoms. The molecule has 0 radical (unpaired) electrons. The Balaban J connectivity index is 1.26. The average Bonchev–Trinajstić information content (AvgIpc) is 3.36. The molecule has 2 aliphatic rings. The third-order valence-electron chi connectivity index (χ3n) is 5.94. The van der Waals surface area contributed by atoms with E-state index >= 15 is 0 Å². The van der Waals surface area contributed by atoms with Gasteiger partial charge in [-0.3, -0.25) is 4.79 Å². The molecule has 4 rings (SSSR count). The monoisotopic (exact) mass is 560 g/mol. The molecule has 8 heteroatoms. The van der Waals surface area contributed by atoms with Gasteiger partial charge in [-0.15, -0.1) is 11.8 Å². The molecule has 0 N–H and O–H groups in total.